The lowest BCUT2D eigenvalue weighted by Crippen LogP contribution is -1.89. The van der Waals surface area contributed by atoms with Crippen molar-refractivity contribution in [2.24, 2.45) is 4.99 Å². The van der Waals surface area contributed by atoms with Crippen LogP contribution in [0.25, 0.3) is 11.6 Å². The van der Waals surface area contributed by atoms with Gasteiger partial charge in [0.25, 0.3) is 0 Å². The molecule has 25 heavy (non-hydrogen) atoms. The van der Waals surface area contributed by atoms with E-state index in [1.54, 1.807) is 6.21 Å². The molecule has 4 nitrogen and oxygen atoms in total. The second-order valence-electron chi connectivity index (χ2n) is 5.67. The average Bonchev–Trinajstić information content (AvgIpc) is 3.16. The van der Waals surface area contributed by atoms with Gasteiger partial charge in [0, 0.05) is 28.1 Å². The molecule has 4 rings (SSSR count). The van der Waals surface area contributed by atoms with E-state index in [0.717, 1.165) is 28.1 Å². The molecule has 2 aromatic carbocycles. The number of para-hydroxylation sites is 1. The van der Waals surface area contributed by atoms with Crippen molar-refractivity contribution < 1.29 is 5.11 Å². The number of nitrogens with one attached hydrogen (secondary N) is 1. The van der Waals surface area contributed by atoms with Gasteiger partial charge in [0.15, 0.2) is 5.13 Å². The molecule has 0 atom stereocenters. The average molecular weight is 368 g/mol. The second-order valence-corrected chi connectivity index (χ2v) is 7.11. The fraction of sp³-hybridized carbons (Fsp3) is 0.0526. The van der Waals surface area contributed by atoms with Gasteiger partial charge in [-0.1, -0.05) is 47.2 Å². The molecule has 0 radical (unpaired) electrons. The molecule has 0 saturated carbocycles. The van der Waals surface area contributed by atoms with Crippen molar-refractivity contribution in [3.05, 3.63) is 63.5 Å². The predicted molar refractivity (Wildman–Crippen MR) is 106 cm³/mol. The van der Waals surface area contributed by atoms with Crippen LogP contribution in [0.2, 0.25) is 5.02 Å². The van der Waals surface area contributed by atoms with E-state index >= 15 is 0 Å². The van der Waals surface area contributed by atoms with E-state index < -0.39 is 0 Å². The third kappa shape index (κ3) is 3.16. The fourth-order valence-electron chi connectivity index (χ4n) is 2.56. The van der Waals surface area contributed by atoms with Gasteiger partial charge >= 0.3 is 0 Å². The third-order valence-electron chi connectivity index (χ3n) is 3.90. The predicted octanol–water partition coefficient (Wildman–Crippen LogP) is 5.81. The first-order chi connectivity index (χ1) is 12.1. The number of aliphatic imine (C=N–C) groups is 1. The number of hydrogen-bond acceptors (Lipinski definition) is 5. The largest absolute Gasteiger partial charge is 0.492 e. The maximum Gasteiger partial charge on any atom is 0.231 e. The van der Waals surface area contributed by atoms with Gasteiger partial charge in [-0.15, -0.1) is 0 Å². The van der Waals surface area contributed by atoms with Crippen molar-refractivity contribution >= 4 is 57.3 Å². The van der Waals surface area contributed by atoms with E-state index in [1.165, 1.54) is 11.3 Å². The summed E-state index contributed by atoms with van der Waals surface area (Å²) in [5.41, 5.74) is 4.79. The molecule has 3 aromatic rings. The van der Waals surface area contributed by atoms with Crippen LogP contribution in [-0.2, 0) is 0 Å². The van der Waals surface area contributed by atoms with Gasteiger partial charge in [0.05, 0.1) is 10.6 Å². The minimum atomic E-state index is -0.00371. The number of allylic oxidation sites excluding steroid dienone is 1. The van der Waals surface area contributed by atoms with Crippen molar-refractivity contribution in [2.45, 2.75) is 6.92 Å². The number of thiazole rings is 1. The van der Waals surface area contributed by atoms with E-state index in [2.05, 4.69) is 15.3 Å². The SMILES string of the molecule is Cc1ccc(Nc2nc(O)c(C=C3C=Nc4ccccc43)s2)cc1Cl. The molecule has 0 bridgehead atoms. The molecule has 2 heterocycles. The molecule has 0 fully saturated rings. The quantitative estimate of drug-likeness (QED) is 0.614. The molecule has 0 amide bonds. The molecule has 0 spiro atoms. The Kier molecular flexibility index (Phi) is 4.03. The number of fused-ring (bicyclic) bond motifs is 1. The third-order valence-corrected chi connectivity index (χ3v) is 5.22. The lowest BCUT2D eigenvalue weighted by atomic mass is 10.1. The zero-order valence-electron chi connectivity index (χ0n) is 13.3. The second kappa shape index (κ2) is 6.35. The summed E-state index contributed by atoms with van der Waals surface area (Å²) in [4.78, 5) is 9.24. The highest BCUT2D eigenvalue weighted by Crippen LogP contribution is 2.37. The Hall–Kier alpha value is -2.63. The number of hydrogen-bond donors (Lipinski definition) is 2. The monoisotopic (exact) mass is 367 g/mol. The van der Waals surface area contributed by atoms with Crippen LogP contribution in [0.3, 0.4) is 0 Å². The highest BCUT2D eigenvalue weighted by atomic mass is 35.5. The minimum Gasteiger partial charge on any atom is -0.492 e. The van der Waals surface area contributed by atoms with Gasteiger partial charge in [-0.05, 0) is 36.8 Å². The summed E-state index contributed by atoms with van der Waals surface area (Å²) in [5.74, 6) is -0.00371. The molecule has 0 saturated heterocycles. The van der Waals surface area contributed by atoms with E-state index in [0.29, 0.717) is 15.0 Å². The summed E-state index contributed by atoms with van der Waals surface area (Å²) in [6.07, 6.45) is 3.70. The van der Waals surface area contributed by atoms with Gasteiger partial charge in [0.1, 0.15) is 0 Å². The van der Waals surface area contributed by atoms with Crippen LogP contribution in [0.15, 0.2) is 47.5 Å². The Bertz CT molecular complexity index is 1020. The van der Waals surface area contributed by atoms with Crippen LogP contribution in [0, 0.1) is 6.92 Å². The minimum absolute atomic E-state index is 0.00371. The maximum atomic E-state index is 10.2. The number of benzene rings is 2. The summed E-state index contributed by atoms with van der Waals surface area (Å²) in [7, 11) is 0. The van der Waals surface area contributed by atoms with Crippen LogP contribution in [0.5, 0.6) is 5.88 Å². The highest BCUT2D eigenvalue weighted by Gasteiger charge is 2.14. The van der Waals surface area contributed by atoms with E-state index in [9.17, 15) is 5.11 Å². The van der Waals surface area contributed by atoms with Crippen LogP contribution in [0.1, 0.15) is 16.0 Å². The van der Waals surface area contributed by atoms with Crippen molar-refractivity contribution in [3.8, 4) is 5.88 Å². The molecule has 0 unspecified atom stereocenters. The summed E-state index contributed by atoms with van der Waals surface area (Å²) in [6.45, 7) is 1.95. The summed E-state index contributed by atoms with van der Waals surface area (Å²) in [6, 6.07) is 13.6. The number of aromatic nitrogens is 1. The number of nitrogens with zero attached hydrogens (tertiary/aromatic N) is 2. The van der Waals surface area contributed by atoms with Gasteiger partial charge in [-0.3, -0.25) is 4.99 Å². The Morgan fingerprint density at radius 2 is 2.04 bits per heavy atom. The van der Waals surface area contributed by atoms with Gasteiger partial charge in [-0.25, -0.2) is 0 Å². The summed E-state index contributed by atoms with van der Waals surface area (Å²) >= 11 is 7.52. The molecule has 1 aromatic heterocycles. The lowest BCUT2D eigenvalue weighted by molar-refractivity contribution is 0.457. The van der Waals surface area contributed by atoms with Crippen LogP contribution >= 0.6 is 22.9 Å². The van der Waals surface area contributed by atoms with Gasteiger partial charge < -0.3 is 10.4 Å². The Morgan fingerprint density at radius 1 is 1.20 bits per heavy atom. The molecule has 1 aliphatic heterocycles. The first-order valence-corrected chi connectivity index (χ1v) is 8.88. The van der Waals surface area contributed by atoms with Gasteiger partial charge in [-0.2, -0.15) is 4.98 Å². The molecule has 0 aliphatic carbocycles. The number of anilines is 2. The topological polar surface area (TPSA) is 57.5 Å². The van der Waals surface area contributed by atoms with Crippen molar-refractivity contribution in [2.75, 3.05) is 5.32 Å². The maximum absolute atomic E-state index is 10.2. The van der Waals surface area contributed by atoms with E-state index in [1.807, 2.05) is 55.5 Å². The normalized spacial score (nSPS) is 14.1. The Balaban J connectivity index is 1.62. The number of aromatic hydroxyl groups is 1. The first-order valence-electron chi connectivity index (χ1n) is 7.68. The van der Waals surface area contributed by atoms with Crippen LogP contribution in [0.4, 0.5) is 16.5 Å². The zero-order chi connectivity index (χ0) is 17.4. The van der Waals surface area contributed by atoms with Crippen LogP contribution < -0.4 is 5.32 Å². The van der Waals surface area contributed by atoms with E-state index in [4.69, 9.17) is 11.6 Å². The Labute approximate surface area is 154 Å². The molecular formula is C19H14ClN3OS. The fourth-order valence-corrected chi connectivity index (χ4v) is 3.57. The summed E-state index contributed by atoms with van der Waals surface area (Å²) < 4.78 is 0. The van der Waals surface area contributed by atoms with E-state index in [-0.39, 0.29) is 5.88 Å². The Morgan fingerprint density at radius 3 is 2.88 bits per heavy atom. The van der Waals surface area contributed by atoms with Crippen LogP contribution in [-0.4, -0.2) is 16.3 Å². The molecule has 2 N–H and O–H groups in total. The van der Waals surface area contributed by atoms with Crippen molar-refractivity contribution in [1.82, 2.24) is 4.98 Å². The number of aryl methyl sites for hydroxylation is 1. The summed E-state index contributed by atoms with van der Waals surface area (Å²) in [5, 5.41) is 14.6. The van der Waals surface area contributed by atoms with Crippen molar-refractivity contribution in [3.63, 3.8) is 0 Å². The zero-order valence-corrected chi connectivity index (χ0v) is 14.9. The molecular weight excluding hydrogens is 354 g/mol. The lowest BCUT2D eigenvalue weighted by Gasteiger charge is -2.04. The highest BCUT2D eigenvalue weighted by molar-refractivity contribution is 7.16. The first kappa shape index (κ1) is 15.9. The van der Waals surface area contributed by atoms with Crippen molar-refractivity contribution in [1.29, 1.82) is 0 Å². The standard InChI is InChI=1S/C19H14ClN3OS/c1-11-6-7-13(9-15(11)20)22-19-23-18(24)17(25-19)8-12-10-21-16-5-3-2-4-14(12)16/h2-10,24H,1H3,(H,22,23). The van der Waals surface area contributed by atoms with Gasteiger partial charge in [0.2, 0.25) is 5.88 Å². The molecule has 124 valence electrons. The number of halogens is 1. The molecule has 6 heteroatoms. The number of rotatable bonds is 3. The smallest absolute Gasteiger partial charge is 0.231 e. The molecule has 1 aliphatic rings.